The molecule has 86 valence electrons. The first kappa shape index (κ1) is 11.8. The van der Waals surface area contributed by atoms with Crippen molar-refractivity contribution < 1.29 is 9.90 Å². The molecule has 1 heterocycles. The lowest BCUT2D eigenvalue weighted by atomic mass is 10.2. The molecule has 0 unspecified atom stereocenters. The molecular formula is C12H8ClNO2S. The number of aliphatic carboxylic acids is 1. The average Bonchev–Trinajstić information content (AvgIpc) is 2.76. The van der Waals surface area contributed by atoms with Crippen LogP contribution in [0.1, 0.15) is 5.69 Å². The lowest BCUT2D eigenvalue weighted by Crippen LogP contribution is -1.85. The quantitative estimate of drug-likeness (QED) is 0.864. The number of rotatable bonds is 3. The number of aromatic nitrogens is 1. The SMILES string of the molecule is O=C(O)/C=C/c1csc(-c2ccc(Cl)cc2)n1. The van der Waals surface area contributed by atoms with Crippen LogP contribution in [0.15, 0.2) is 35.7 Å². The molecule has 1 N–H and O–H groups in total. The highest BCUT2D eigenvalue weighted by atomic mass is 35.5. The molecule has 1 aromatic carbocycles. The summed E-state index contributed by atoms with van der Waals surface area (Å²) in [5.41, 5.74) is 1.61. The van der Waals surface area contributed by atoms with Crippen LogP contribution < -0.4 is 0 Å². The summed E-state index contributed by atoms with van der Waals surface area (Å²) in [6, 6.07) is 7.35. The molecular weight excluding hydrogens is 258 g/mol. The smallest absolute Gasteiger partial charge is 0.328 e. The minimum atomic E-state index is -0.981. The van der Waals surface area contributed by atoms with Crippen molar-refractivity contribution in [3.05, 3.63) is 46.4 Å². The van der Waals surface area contributed by atoms with E-state index in [0.29, 0.717) is 10.7 Å². The number of hydrogen-bond donors (Lipinski definition) is 1. The molecule has 0 saturated carbocycles. The normalized spacial score (nSPS) is 10.9. The number of nitrogens with zero attached hydrogens (tertiary/aromatic N) is 1. The number of benzene rings is 1. The lowest BCUT2D eigenvalue weighted by Gasteiger charge is -1.95. The van der Waals surface area contributed by atoms with Crippen molar-refractivity contribution in [2.45, 2.75) is 0 Å². The van der Waals surface area contributed by atoms with Gasteiger partial charge in [0, 0.05) is 22.0 Å². The van der Waals surface area contributed by atoms with E-state index in [0.717, 1.165) is 16.6 Å². The van der Waals surface area contributed by atoms with Crippen LogP contribution in [0, 0.1) is 0 Å². The standard InChI is InChI=1S/C12H8ClNO2S/c13-9-3-1-8(2-4-9)12-14-10(7-17-12)5-6-11(15)16/h1-7H,(H,15,16)/b6-5+. The first-order chi connectivity index (χ1) is 8.15. The van der Waals surface area contributed by atoms with E-state index in [9.17, 15) is 4.79 Å². The van der Waals surface area contributed by atoms with Gasteiger partial charge in [0.25, 0.3) is 0 Å². The van der Waals surface area contributed by atoms with Gasteiger partial charge in [0.1, 0.15) is 5.01 Å². The molecule has 0 aliphatic carbocycles. The second-order valence-corrected chi connectivity index (χ2v) is 4.55. The van der Waals surface area contributed by atoms with E-state index in [1.165, 1.54) is 17.4 Å². The van der Waals surface area contributed by atoms with Gasteiger partial charge in [-0.05, 0) is 18.2 Å². The van der Waals surface area contributed by atoms with Crippen LogP contribution in [-0.4, -0.2) is 16.1 Å². The van der Waals surface area contributed by atoms with E-state index >= 15 is 0 Å². The van der Waals surface area contributed by atoms with Gasteiger partial charge in [-0.2, -0.15) is 0 Å². The maximum absolute atomic E-state index is 10.4. The van der Waals surface area contributed by atoms with E-state index in [4.69, 9.17) is 16.7 Å². The second kappa shape index (κ2) is 5.12. The first-order valence-electron chi connectivity index (χ1n) is 4.77. The highest BCUT2D eigenvalue weighted by molar-refractivity contribution is 7.13. The van der Waals surface area contributed by atoms with E-state index in [1.54, 1.807) is 12.1 Å². The van der Waals surface area contributed by atoms with Crippen LogP contribution in [0.5, 0.6) is 0 Å². The van der Waals surface area contributed by atoms with Crippen LogP contribution in [0.2, 0.25) is 5.02 Å². The van der Waals surface area contributed by atoms with Gasteiger partial charge in [0.15, 0.2) is 0 Å². The summed E-state index contributed by atoms with van der Waals surface area (Å²) in [6.45, 7) is 0. The Kier molecular flexibility index (Phi) is 3.56. The molecule has 0 bridgehead atoms. The summed E-state index contributed by atoms with van der Waals surface area (Å²) in [5, 5.41) is 11.8. The monoisotopic (exact) mass is 265 g/mol. The molecule has 2 aromatic rings. The van der Waals surface area contributed by atoms with Crippen LogP contribution in [-0.2, 0) is 4.79 Å². The third kappa shape index (κ3) is 3.15. The zero-order valence-electron chi connectivity index (χ0n) is 8.63. The largest absolute Gasteiger partial charge is 0.478 e. The lowest BCUT2D eigenvalue weighted by molar-refractivity contribution is -0.131. The molecule has 0 aliphatic heterocycles. The number of carbonyl (C=O) groups is 1. The molecule has 1 aromatic heterocycles. The summed E-state index contributed by atoms with van der Waals surface area (Å²) < 4.78 is 0. The Hall–Kier alpha value is -1.65. The molecule has 17 heavy (non-hydrogen) atoms. The van der Waals surface area contributed by atoms with Crippen molar-refractivity contribution >= 4 is 35.0 Å². The molecule has 5 heteroatoms. The van der Waals surface area contributed by atoms with Crippen LogP contribution >= 0.6 is 22.9 Å². The van der Waals surface area contributed by atoms with Crippen molar-refractivity contribution in [3.63, 3.8) is 0 Å². The van der Waals surface area contributed by atoms with E-state index < -0.39 is 5.97 Å². The molecule has 0 radical (unpaired) electrons. The van der Waals surface area contributed by atoms with Gasteiger partial charge in [-0.25, -0.2) is 9.78 Å². The fourth-order valence-corrected chi connectivity index (χ4v) is 2.16. The minimum absolute atomic E-state index is 0.641. The Bertz CT molecular complexity index is 560. The summed E-state index contributed by atoms with van der Waals surface area (Å²) in [5.74, 6) is -0.981. The van der Waals surface area contributed by atoms with Crippen molar-refractivity contribution in [1.29, 1.82) is 0 Å². The maximum atomic E-state index is 10.4. The molecule has 0 spiro atoms. The van der Waals surface area contributed by atoms with Crippen LogP contribution in [0.3, 0.4) is 0 Å². The first-order valence-corrected chi connectivity index (χ1v) is 6.03. The van der Waals surface area contributed by atoms with E-state index in [2.05, 4.69) is 4.98 Å². The molecule has 0 amide bonds. The maximum Gasteiger partial charge on any atom is 0.328 e. The fourth-order valence-electron chi connectivity index (χ4n) is 1.24. The van der Waals surface area contributed by atoms with Gasteiger partial charge in [-0.1, -0.05) is 23.7 Å². The molecule has 0 saturated heterocycles. The van der Waals surface area contributed by atoms with Crippen LogP contribution in [0.4, 0.5) is 0 Å². The third-order valence-corrected chi connectivity index (χ3v) is 3.17. The highest BCUT2D eigenvalue weighted by Gasteiger charge is 2.03. The van der Waals surface area contributed by atoms with Gasteiger partial charge in [0.05, 0.1) is 5.69 Å². The Labute approximate surface area is 107 Å². The molecule has 0 aliphatic rings. The van der Waals surface area contributed by atoms with Crippen molar-refractivity contribution in [2.24, 2.45) is 0 Å². The Balaban J connectivity index is 2.23. The molecule has 3 nitrogen and oxygen atoms in total. The highest BCUT2D eigenvalue weighted by Crippen LogP contribution is 2.25. The predicted octanol–water partition coefficient (Wildman–Crippen LogP) is 3.56. The molecule has 0 atom stereocenters. The van der Waals surface area contributed by atoms with Gasteiger partial charge < -0.3 is 5.11 Å². The molecule has 2 rings (SSSR count). The van der Waals surface area contributed by atoms with Crippen molar-refractivity contribution in [3.8, 4) is 10.6 Å². The van der Waals surface area contributed by atoms with Crippen molar-refractivity contribution in [1.82, 2.24) is 4.98 Å². The second-order valence-electron chi connectivity index (χ2n) is 3.26. The summed E-state index contributed by atoms with van der Waals surface area (Å²) in [4.78, 5) is 14.7. The minimum Gasteiger partial charge on any atom is -0.478 e. The number of halogens is 1. The topological polar surface area (TPSA) is 50.2 Å². The fraction of sp³-hybridized carbons (Fsp3) is 0. The summed E-state index contributed by atoms with van der Waals surface area (Å²) >= 11 is 7.26. The Morgan fingerprint density at radius 1 is 1.35 bits per heavy atom. The van der Waals surface area contributed by atoms with Gasteiger partial charge in [-0.3, -0.25) is 0 Å². The number of hydrogen-bond acceptors (Lipinski definition) is 3. The predicted molar refractivity (Wildman–Crippen MR) is 69.2 cm³/mol. The van der Waals surface area contributed by atoms with Gasteiger partial charge in [0.2, 0.25) is 0 Å². The van der Waals surface area contributed by atoms with E-state index in [1.807, 2.05) is 17.5 Å². The number of thiazole rings is 1. The van der Waals surface area contributed by atoms with Crippen molar-refractivity contribution in [2.75, 3.05) is 0 Å². The number of carboxylic acids is 1. The zero-order valence-corrected chi connectivity index (χ0v) is 10.2. The van der Waals surface area contributed by atoms with Crippen LogP contribution in [0.25, 0.3) is 16.6 Å². The summed E-state index contributed by atoms with van der Waals surface area (Å²) in [7, 11) is 0. The van der Waals surface area contributed by atoms with E-state index in [-0.39, 0.29) is 0 Å². The third-order valence-electron chi connectivity index (χ3n) is 2.01. The molecule has 0 fully saturated rings. The van der Waals surface area contributed by atoms with Gasteiger partial charge in [-0.15, -0.1) is 11.3 Å². The zero-order chi connectivity index (χ0) is 12.3. The Morgan fingerprint density at radius 3 is 2.71 bits per heavy atom. The number of carboxylic acid groups (broad SMARTS) is 1. The average molecular weight is 266 g/mol. The Morgan fingerprint density at radius 2 is 2.06 bits per heavy atom. The summed E-state index contributed by atoms with van der Waals surface area (Å²) in [6.07, 6.45) is 2.54. The van der Waals surface area contributed by atoms with Gasteiger partial charge >= 0.3 is 5.97 Å².